The van der Waals surface area contributed by atoms with Gasteiger partial charge in [0.1, 0.15) is 5.76 Å². The number of hydrogen-bond donors (Lipinski definition) is 1. The van der Waals surface area contributed by atoms with Gasteiger partial charge in [0.15, 0.2) is 11.7 Å². The van der Waals surface area contributed by atoms with E-state index in [0.29, 0.717) is 30.0 Å². The van der Waals surface area contributed by atoms with Gasteiger partial charge in [-0.1, -0.05) is 32.9 Å². The third kappa shape index (κ3) is 4.54. The predicted molar refractivity (Wildman–Crippen MR) is 93.3 cm³/mol. The zero-order valence-electron chi connectivity index (χ0n) is 14.9. The number of ketones is 1. The van der Waals surface area contributed by atoms with Gasteiger partial charge in [-0.2, -0.15) is 0 Å². The predicted octanol–water partition coefficient (Wildman–Crippen LogP) is 4.05. The molecule has 128 valence electrons. The van der Waals surface area contributed by atoms with Crippen molar-refractivity contribution in [3.8, 4) is 0 Å². The van der Waals surface area contributed by atoms with E-state index < -0.39 is 0 Å². The number of hydrogen-bond acceptors (Lipinski definition) is 4. The summed E-state index contributed by atoms with van der Waals surface area (Å²) in [7, 11) is 0. The standard InChI is InChI=1S/C19H24N2O3/c1-12-16(24-18(20-12)19(3,4)5)9-10-17(23)21-15-8-6-7-14(11-15)13(2)22/h6-8,11H,9-10H2,1-5H3,(H,21,23). The quantitative estimate of drug-likeness (QED) is 0.840. The lowest BCUT2D eigenvalue weighted by molar-refractivity contribution is -0.116. The lowest BCUT2D eigenvalue weighted by Crippen LogP contribution is -2.13. The molecule has 24 heavy (non-hydrogen) atoms. The summed E-state index contributed by atoms with van der Waals surface area (Å²) in [5.74, 6) is 1.28. The van der Waals surface area contributed by atoms with E-state index in [1.165, 1.54) is 6.92 Å². The van der Waals surface area contributed by atoms with E-state index in [0.717, 1.165) is 11.5 Å². The van der Waals surface area contributed by atoms with E-state index in [1.54, 1.807) is 24.3 Å². The number of rotatable bonds is 5. The van der Waals surface area contributed by atoms with Crippen LogP contribution in [0, 0.1) is 6.92 Å². The first-order valence-electron chi connectivity index (χ1n) is 8.04. The fourth-order valence-electron chi connectivity index (χ4n) is 2.25. The third-order valence-electron chi connectivity index (χ3n) is 3.67. The normalized spacial score (nSPS) is 11.4. The van der Waals surface area contributed by atoms with Crippen LogP contribution in [0.1, 0.15) is 61.8 Å². The van der Waals surface area contributed by atoms with Gasteiger partial charge < -0.3 is 9.73 Å². The topological polar surface area (TPSA) is 72.2 Å². The maximum absolute atomic E-state index is 12.1. The SMILES string of the molecule is CC(=O)c1cccc(NC(=O)CCc2oc(C(C)(C)C)nc2C)c1. The van der Waals surface area contributed by atoms with Gasteiger partial charge in [-0.25, -0.2) is 4.98 Å². The molecular weight excluding hydrogens is 304 g/mol. The number of benzene rings is 1. The molecule has 0 saturated heterocycles. The van der Waals surface area contributed by atoms with Gasteiger partial charge in [0.2, 0.25) is 5.91 Å². The highest BCUT2D eigenvalue weighted by Gasteiger charge is 2.22. The lowest BCUT2D eigenvalue weighted by Gasteiger charge is -2.12. The zero-order valence-corrected chi connectivity index (χ0v) is 14.9. The van der Waals surface area contributed by atoms with E-state index in [9.17, 15) is 9.59 Å². The van der Waals surface area contributed by atoms with Crippen molar-refractivity contribution in [3.05, 3.63) is 47.2 Å². The van der Waals surface area contributed by atoms with Gasteiger partial charge in [0, 0.05) is 29.5 Å². The Balaban J connectivity index is 1.98. The number of Topliss-reactive ketones (excluding diaryl/α,β-unsaturated/α-hetero) is 1. The average Bonchev–Trinajstić information content (AvgIpc) is 2.87. The third-order valence-corrected chi connectivity index (χ3v) is 3.67. The van der Waals surface area contributed by atoms with Crippen molar-refractivity contribution in [2.45, 2.75) is 52.9 Å². The van der Waals surface area contributed by atoms with Gasteiger partial charge in [-0.15, -0.1) is 0 Å². The number of anilines is 1. The summed E-state index contributed by atoms with van der Waals surface area (Å²) in [6.07, 6.45) is 0.789. The fraction of sp³-hybridized carbons (Fsp3) is 0.421. The van der Waals surface area contributed by atoms with Crippen molar-refractivity contribution in [3.63, 3.8) is 0 Å². The molecule has 0 fully saturated rings. The van der Waals surface area contributed by atoms with E-state index in [-0.39, 0.29) is 17.1 Å². The van der Waals surface area contributed by atoms with Crippen molar-refractivity contribution in [1.29, 1.82) is 0 Å². The first kappa shape index (κ1) is 17.9. The second kappa shape index (κ2) is 6.99. The van der Waals surface area contributed by atoms with Crippen LogP contribution in [-0.2, 0) is 16.6 Å². The van der Waals surface area contributed by atoms with Crippen molar-refractivity contribution < 1.29 is 14.0 Å². The Morgan fingerprint density at radius 1 is 1.25 bits per heavy atom. The Kier molecular flexibility index (Phi) is 5.22. The molecule has 0 unspecified atom stereocenters. The molecule has 1 aromatic heterocycles. The number of aryl methyl sites for hydroxylation is 2. The Morgan fingerprint density at radius 3 is 2.54 bits per heavy atom. The van der Waals surface area contributed by atoms with Crippen LogP contribution in [0.3, 0.4) is 0 Å². The molecule has 0 aliphatic carbocycles. The number of carbonyl (C=O) groups excluding carboxylic acids is 2. The minimum atomic E-state index is -0.154. The van der Waals surface area contributed by atoms with Crippen LogP contribution in [-0.4, -0.2) is 16.7 Å². The van der Waals surface area contributed by atoms with Crippen molar-refractivity contribution in [2.75, 3.05) is 5.32 Å². The summed E-state index contributed by atoms with van der Waals surface area (Å²) in [5.41, 5.74) is 1.87. The van der Waals surface area contributed by atoms with Gasteiger partial charge in [0.05, 0.1) is 5.69 Å². The Hall–Kier alpha value is -2.43. The maximum atomic E-state index is 12.1. The smallest absolute Gasteiger partial charge is 0.224 e. The Labute approximate surface area is 142 Å². The summed E-state index contributed by atoms with van der Waals surface area (Å²) in [4.78, 5) is 27.9. The zero-order chi connectivity index (χ0) is 17.9. The van der Waals surface area contributed by atoms with Gasteiger partial charge in [-0.05, 0) is 26.0 Å². The number of amides is 1. The van der Waals surface area contributed by atoms with Crippen LogP contribution in [0.4, 0.5) is 5.69 Å². The molecule has 5 heteroatoms. The van der Waals surface area contributed by atoms with Crippen LogP contribution in [0.5, 0.6) is 0 Å². The largest absolute Gasteiger partial charge is 0.445 e. The highest BCUT2D eigenvalue weighted by Crippen LogP contribution is 2.24. The second-order valence-corrected chi connectivity index (χ2v) is 6.96. The maximum Gasteiger partial charge on any atom is 0.224 e. The van der Waals surface area contributed by atoms with Crippen LogP contribution < -0.4 is 5.32 Å². The molecule has 1 N–H and O–H groups in total. The molecule has 1 aromatic carbocycles. The molecule has 0 spiro atoms. The number of carbonyl (C=O) groups is 2. The average molecular weight is 328 g/mol. The molecule has 1 heterocycles. The molecule has 2 rings (SSSR count). The molecule has 0 radical (unpaired) electrons. The summed E-state index contributed by atoms with van der Waals surface area (Å²) in [6.45, 7) is 9.51. The summed E-state index contributed by atoms with van der Waals surface area (Å²) < 4.78 is 5.79. The van der Waals surface area contributed by atoms with Crippen LogP contribution in [0.25, 0.3) is 0 Å². The van der Waals surface area contributed by atoms with Crippen molar-refractivity contribution >= 4 is 17.4 Å². The highest BCUT2D eigenvalue weighted by atomic mass is 16.4. The van der Waals surface area contributed by atoms with Crippen molar-refractivity contribution in [2.24, 2.45) is 0 Å². The van der Waals surface area contributed by atoms with Crippen LogP contribution >= 0.6 is 0 Å². The molecule has 0 bridgehead atoms. The first-order valence-corrected chi connectivity index (χ1v) is 8.04. The number of oxazole rings is 1. The molecule has 5 nitrogen and oxygen atoms in total. The molecule has 1 amide bonds. The molecule has 2 aromatic rings. The van der Waals surface area contributed by atoms with E-state index in [1.807, 2.05) is 27.7 Å². The summed E-state index contributed by atoms with van der Waals surface area (Å²) in [6, 6.07) is 6.92. The second-order valence-electron chi connectivity index (χ2n) is 6.96. The number of aromatic nitrogens is 1. The number of nitrogens with zero attached hydrogens (tertiary/aromatic N) is 1. The summed E-state index contributed by atoms with van der Waals surface area (Å²) >= 11 is 0. The van der Waals surface area contributed by atoms with Crippen LogP contribution in [0.2, 0.25) is 0 Å². The minimum Gasteiger partial charge on any atom is -0.445 e. The van der Waals surface area contributed by atoms with Crippen LogP contribution in [0.15, 0.2) is 28.7 Å². The van der Waals surface area contributed by atoms with Gasteiger partial charge in [-0.3, -0.25) is 9.59 Å². The first-order chi connectivity index (χ1) is 11.2. The molecule has 0 atom stereocenters. The van der Waals surface area contributed by atoms with E-state index in [2.05, 4.69) is 10.3 Å². The Morgan fingerprint density at radius 2 is 1.96 bits per heavy atom. The molecule has 0 saturated carbocycles. The van der Waals surface area contributed by atoms with Crippen molar-refractivity contribution in [1.82, 2.24) is 4.98 Å². The fourth-order valence-corrected chi connectivity index (χ4v) is 2.25. The summed E-state index contributed by atoms with van der Waals surface area (Å²) in [5, 5.41) is 2.81. The van der Waals surface area contributed by atoms with E-state index in [4.69, 9.17) is 4.42 Å². The number of nitrogens with one attached hydrogen (secondary N) is 1. The minimum absolute atomic E-state index is 0.0295. The monoisotopic (exact) mass is 328 g/mol. The lowest BCUT2D eigenvalue weighted by atomic mass is 9.97. The van der Waals surface area contributed by atoms with Gasteiger partial charge in [0.25, 0.3) is 0 Å². The highest BCUT2D eigenvalue weighted by molar-refractivity contribution is 5.97. The van der Waals surface area contributed by atoms with E-state index >= 15 is 0 Å². The molecular formula is C19H24N2O3. The molecule has 0 aliphatic rings. The Bertz CT molecular complexity index is 754. The molecule has 0 aliphatic heterocycles. The van der Waals surface area contributed by atoms with Gasteiger partial charge >= 0.3 is 0 Å².